The van der Waals surface area contributed by atoms with Crippen LogP contribution in [-0.2, 0) is 0 Å². The minimum Gasteiger partial charge on any atom is -0.398 e. The van der Waals surface area contributed by atoms with Crippen LogP contribution in [0.3, 0.4) is 0 Å². The monoisotopic (exact) mass is 305 g/mol. The van der Waals surface area contributed by atoms with E-state index >= 15 is 0 Å². The first-order valence-corrected chi connectivity index (χ1v) is 6.42. The molecule has 0 heterocycles. The minimum atomic E-state index is -0.648. The Morgan fingerprint density at radius 2 is 1.61 bits per heavy atom. The summed E-state index contributed by atoms with van der Waals surface area (Å²) >= 11 is 12.7. The van der Waals surface area contributed by atoms with Gasteiger partial charge in [-0.2, -0.15) is 0 Å². The lowest BCUT2D eigenvalue weighted by Gasteiger charge is -2.08. The van der Waals surface area contributed by atoms with E-state index in [1.807, 2.05) is 0 Å². The average Bonchev–Trinajstić information content (AvgIpc) is 2.29. The summed E-state index contributed by atoms with van der Waals surface area (Å²) in [6.45, 7) is 0. The van der Waals surface area contributed by atoms with Gasteiger partial charge in [-0.3, -0.25) is 0 Å². The van der Waals surface area contributed by atoms with Crippen LogP contribution in [-0.4, -0.2) is 0 Å². The van der Waals surface area contributed by atoms with E-state index in [1.165, 1.54) is 18.2 Å². The van der Waals surface area contributed by atoms with Gasteiger partial charge in [0.25, 0.3) is 0 Å². The van der Waals surface area contributed by atoms with Crippen LogP contribution in [0.25, 0.3) is 0 Å². The van der Waals surface area contributed by atoms with Gasteiger partial charge in [0.1, 0.15) is 11.6 Å². The number of hydrogen-bond acceptors (Lipinski definition) is 2. The lowest BCUT2D eigenvalue weighted by molar-refractivity contribution is 0.566. The maximum absolute atomic E-state index is 13.5. The summed E-state index contributed by atoms with van der Waals surface area (Å²) in [5.74, 6) is -1.27. The van der Waals surface area contributed by atoms with E-state index in [4.69, 9.17) is 28.9 Å². The van der Waals surface area contributed by atoms with Gasteiger partial charge in [0.2, 0.25) is 0 Å². The Morgan fingerprint density at radius 3 is 2.28 bits per heavy atom. The van der Waals surface area contributed by atoms with E-state index in [-0.39, 0.29) is 4.90 Å². The molecule has 2 aromatic carbocycles. The van der Waals surface area contributed by atoms with Crippen LogP contribution in [0, 0.1) is 11.6 Å². The van der Waals surface area contributed by atoms with Gasteiger partial charge in [-0.05, 0) is 24.3 Å². The largest absolute Gasteiger partial charge is 0.398 e. The van der Waals surface area contributed by atoms with Gasteiger partial charge in [-0.25, -0.2) is 8.78 Å². The SMILES string of the molecule is Nc1cc(Cl)c(Cl)cc1Sc1ccc(F)cc1F. The first-order chi connectivity index (χ1) is 8.47. The summed E-state index contributed by atoms with van der Waals surface area (Å²) in [5.41, 5.74) is 6.14. The smallest absolute Gasteiger partial charge is 0.140 e. The minimum absolute atomic E-state index is 0.265. The van der Waals surface area contributed by atoms with Crippen molar-refractivity contribution in [2.45, 2.75) is 9.79 Å². The number of anilines is 1. The fraction of sp³-hybridized carbons (Fsp3) is 0. The molecule has 2 N–H and O–H groups in total. The topological polar surface area (TPSA) is 26.0 Å². The second kappa shape index (κ2) is 5.34. The van der Waals surface area contributed by atoms with E-state index in [2.05, 4.69) is 0 Å². The van der Waals surface area contributed by atoms with Crippen LogP contribution in [0.4, 0.5) is 14.5 Å². The van der Waals surface area contributed by atoms with Crippen LogP contribution in [0.5, 0.6) is 0 Å². The van der Waals surface area contributed by atoms with Crippen LogP contribution in [0.1, 0.15) is 0 Å². The molecule has 0 saturated carbocycles. The highest BCUT2D eigenvalue weighted by molar-refractivity contribution is 7.99. The third-order valence-corrected chi connectivity index (χ3v) is 4.01. The van der Waals surface area contributed by atoms with Gasteiger partial charge in [0, 0.05) is 21.5 Å². The molecule has 6 heteroatoms. The molecule has 0 amide bonds. The summed E-state index contributed by atoms with van der Waals surface area (Å²) < 4.78 is 26.3. The Hall–Kier alpha value is -0.970. The van der Waals surface area contributed by atoms with Crippen LogP contribution >= 0.6 is 35.0 Å². The number of benzene rings is 2. The molecule has 0 aromatic heterocycles. The zero-order chi connectivity index (χ0) is 13.3. The molecule has 94 valence electrons. The zero-order valence-corrected chi connectivity index (χ0v) is 11.2. The van der Waals surface area contributed by atoms with Crippen molar-refractivity contribution in [3.8, 4) is 0 Å². The Labute approximate surface area is 117 Å². The molecule has 18 heavy (non-hydrogen) atoms. The molecule has 2 rings (SSSR count). The number of rotatable bonds is 2. The Bertz CT molecular complexity index is 605. The molecule has 0 fully saturated rings. The lowest BCUT2D eigenvalue weighted by atomic mass is 10.3. The molecule has 0 unspecified atom stereocenters. The Morgan fingerprint density at radius 1 is 0.944 bits per heavy atom. The lowest BCUT2D eigenvalue weighted by Crippen LogP contribution is -1.90. The first kappa shape index (κ1) is 13.5. The van der Waals surface area contributed by atoms with Crippen molar-refractivity contribution in [1.29, 1.82) is 0 Å². The molecule has 0 aliphatic rings. The molecule has 2 aromatic rings. The van der Waals surface area contributed by atoms with Gasteiger partial charge < -0.3 is 5.73 Å². The summed E-state index contributed by atoms with van der Waals surface area (Å²) in [6, 6.07) is 6.38. The highest BCUT2D eigenvalue weighted by atomic mass is 35.5. The predicted octanol–water partition coefficient (Wildman–Crippen LogP) is 5.01. The summed E-state index contributed by atoms with van der Waals surface area (Å²) in [6.07, 6.45) is 0. The van der Waals surface area contributed by atoms with E-state index in [9.17, 15) is 8.78 Å². The normalized spacial score (nSPS) is 10.7. The van der Waals surface area contributed by atoms with E-state index in [0.29, 0.717) is 20.6 Å². The highest BCUT2D eigenvalue weighted by Gasteiger charge is 2.10. The van der Waals surface area contributed by atoms with Gasteiger partial charge >= 0.3 is 0 Å². The van der Waals surface area contributed by atoms with Gasteiger partial charge in [0.05, 0.1) is 10.0 Å². The van der Waals surface area contributed by atoms with Gasteiger partial charge in [-0.15, -0.1) is 0 Å². The standard InChI is InChI=1S/C12H7Cl2F2NS/c13-7-4-10(17)12(5-8(7)14)18-11-2-1-6(15)3-9(11)16/h1-5H,17H2. The molecule has 0 bridgehead atoms. The molecule has 0 aliphatic carbocycles. The van der Waals surface area contributed by atoms with Crippen LogP contribution in [0.15, 0.2) is 40.1 Å². The summed E-state index contributed by atoms with van der Waals surface area (Å²) in [5, 5.41) is 0.661. The number of halogens is 4. The second-order valence-corrected chi connectivity index (χ2v) is 5.38. The molecule has 0 spiro atoms. The molecule has 1 nitrogen and oxygen atoms in total. The van der Waals surface area contributed by atoms with Crippen molar-refractivity contribution in [2.75, 3.05) is 5.73 Å². The molecular formula is C12H7Cl2F2NS. The molecule has 0 radical (unpaired) electrons. The van der Waals surface area contributed by atoms with Gasteiger partial charge in [-0.1, -0.05) is 35.0 Å². The van der Waals surface area contributed by atoms with E-state index in [0.717, 1.165) is 17.8 Å². The molecule has 0 aliphatic heterocycles. The Kier molecular flexibility index (Phi) is 4.00. The third kappa shape index (κ3) is 2.88. The second-order valence-electron chi connectivity index (χ2n) is 3.48. The van der Waals surface area contributed by atoms with Crippen molar-refractivity contribution in [3.63, 3.8) is 0 Å². The van der Waals surface area contributed by atoms with Crippen molar-refractivity contribution >= 4 is 40.7 Å². The average molecular weight is 306 g/mol. The summed E-state index contributed by atoms with van der Waals surface area (Å²) in [7, 11) is 0. The molecule has 0 saturated heterocycles. The molecular weight excluding hydrogens is 299 g/mol. The highest BCUT2D eigenvalue weighted by Crippen LogP contribution is 2.38. The maximum atomic E-state index is 13.5. The van der Waals surface area contributed by atoms with Crippen LogP contribution < -0.4 is 5.73 Å². The molecule has 0 atom stereocenters. The van der Waals surface area contributed by atoms with E-state index < -0.39 is 11.6 Å². The van der Waals surface area contributed by atoms with Crippen molar-refractivity contribution < 1.29 is 8.78 Å². The summed E-state index contributed by atoms with van der Waals surface area (Å²) in [4.78, 5) is 0.830. The quantitative estimate of drug-likeness (QED) is 0.790. The Balaban J connectivity index is 2.37. The first-order valence-electron chi connectivity index (χ1n) is 4.85. The number of hydrogen-bond donors (Lipinski definition) is 1. The van der Waals surface area contributed by atoms with Gasteiger partial charge in [0.15, 0.2) is 0 Å². The van der Waals surface area contributed by atoms with Crippen molar-refractivity contribution in [2.24, 2.45) is 0 Å². The predicted molar refractivity (Wildman–Crippen MR) is 71.4 cm³/mol. The zero-order valence-electron chi connectivity index (χ0n) is 8.88. The number of nitrogens with two attached hydrogens (primary N) is 1. The van der Waals surface area contributed by atoms with Crippen LogP contribution in [0.2, 0.25) is 10.0 Å². The van der Waals surface area contributed by atoms with E-state index in [1.54, 1.807) is 6.07 Å². The number of nitrogen functional groups attached to an aromatic ring is 1. The van der Waals surface area contributed by atoms with Crippen molar-refractivity contribution in [3.05, 3.63) is 52.0 Å². The fourth-order valence-corrected chi connectivity index (χ4v) is 2.59. The maximum Gasteiger partial charge on any atom is 0.140 e. The third-order valence-electron chi connectivity index (χ3n) is 2.17. The fourth-order valence-electron chi connectivity index (χ4n) is 1.31. The van der Waals surface area contributed by atoms with Crippen molar-refractivity contribution in [1.82, 2.24) is 0 Å².